The van der Waals surface area contributed by atoms with Gasteiger partial charge in [-0.15, -0.1) is 0 Å². The van der Waals surface area contributed by atoms with Crippen molar-refractivity contribution in [3.05, 3.63) is 22.8 Å². The molecule has 0 radical (unpaired) electrons. The molecule has 2 rings (SSSR count). The van der Waals surface area contributed by atoms with Gasteiger partial charge in [-0.2, -0.15) is 0 Å². The van der Waals surface area contributed by atoms with Crippen LogP contribution >= 0.6 is 11.6 Å². The SMILES string of the molecule is CCOc1ncc(C(=O)N2CCCC2C(=O)O)cc1Cl. The van der Waals surface area contributed by atoms with Crippen molar-refractivity contribution >= 4 is 23.5 Å². The highest BCUT2D eigenvalue weighted by molar-refractivity contribution is 6.32. The number of nitrogens with zero attached hydrogens (tertiary/aromatic N) is 2. The zero-order chi connectivity index (χ0) is 14.7. The third-order valence-electron chi connectivity index (χ3n) is 3.13. The largest absolute Gasteiger partial charge is 0.480 e. The van der Waals surface area contributed by atoms with Gasteiger partial charge in [-0.05, 0) is 25.8 Å². The summed E-state index contributed by atoms with van der Waals surface area (Å²) in [6, 6.07) is 0.687. The van der Waals surface area contributed by atoms with Crippen LogP contribution < -0.4 is 4.74 Å². The number of ether oxygens (including phenoxy) is 1. The Kier molecular flexibility index (Phi) is 4.44. The Morgan fingerprint density at radius 3 is 2.95 bits per heavy atom. The topological polar surface area (TPSA) is 79.7 Å². The maximum Gasteiger partial charge on any atom is 0.326 e. The van der Waals surface area contributed by atoms with E-state index < -0.39 is 12.0 Å². The summed E-state index contributed by atoms with van der Waals surface area (Å²) in [6.45, 7) is 2.66. The molecule has 6 nitrogen and oxygen atoms in total. The van der Waals surface area contributed by atoms with Crippen LogP contribution in [0.15, 0.2) is 12.3 Å². The molecule has 7 heteroatoms. The molecule has 1 unspecified atom stereocenters. The van der Waals surface area contributed by atoms with E-state index in [-0.39, 0.29) is 22.4 Å². The number of likely N-dealkylation sites (tertiary alicyclic amines) is 1. The molecular formula is C13H15ClN2O4. The second-order valence-electron chi connectivity index (χ2n) is 4.44. The Morgan fingerprint density at radius 1 is 1.60 bits per heavy atom. The summed E-state index contributed by atoms with van der Waals surface area (Å²) >= 11 is 5.98. The van der Waals surface area contributed by atoms with Gasteiger partial charge in [0.2, 0.25) is 5.88 Å². The fourth-order valence-corrected chi connectivity index (χ4v) is 2.44. The quantitative estimate of drug-likeness (QED) is 0.917. The third kappa shape index (κ3) is 2.85. The molecule has 0 spiro atoms. The second kappa shape index (κ2) is 6.09. The number of hydrogen-bond acceptors (Lipinski definition) is 4. The average molecular weight is 299 g/mol. The standard InChI is InChI=1S/C13H15ClN2O4/c1-2-20-11-9(14)6-8(7-15-11)12(17)16-5-3-4-10(16)13(18)19/h6-7,10H,2-5H2,1H3,(H,18,19). The van der Waals surface area contributed by atoms with Gasteiger partial charge in [-0.1, -0.05) is 11.6 Å². The van der Waals surface area contributed by atoms with Crippen molar-refractivity contribution in [2.45, 2.75) is 25.8 Å². The van der Waals surface area contributed by atoms with Crippen LogP contribution in [0.4, 0.5) is 0 Å². The first-order valence-corrected chi connectivity index (χ1v) is 6.74. The molecule has 1 amide bonds. The van der Waals surface area contributed by atoms with Crippen LogP contribution in [0, 0.1) is 0 Å². The predicted octanol–water partition coefficient (Wildman–Crippen LogP) is 1.82. The molecule has 0 aromatic carbocycles. The number of halogens is 1. The first kappa shape index (κ1) is 14.6. The van der Waals surface area contributed by atoms with Crippen LogP contribution in [-0.4, -0.2) is 46.1 Å². The van der Waals surface area contributed by atoms with Crippen LogP contribution in [0.2, 0.25) is 5.02 Å². The van der Waals surface area contributed by atoms with Gasteiger partial charge in [0.1, 0.15) is 11.1 Å². The van der Waals surface area contributed by atoms with E-state index in [1.165, 1.54) is 17.2 Å². The minimum atomic E-state index is -0.985. The Bertz CT molecular complexity index is 535. The molecule has 1 atom stereocenters. The van der Waals surface area contributed by atoms with Gasteiger partial charge >= 0.3 is 5.97 Å². The van der Waals surface area contributed by atoms with Crippen molar-refractivity contribution < 1.29 is 19.4 Å². The normalized spacial score (nSPS) is 18.1. The molecule has 1 aliphatic heterocycles. The summed E-state index contributed by atoms with van der Waals surface area (Å²) in [5.41, 5.74) is 0.270. The van der Waals surface area contributed by atoms with Crippen molar-refractivity contribution in [1.82, 2.24) is 9.88 Å². The summed E-state index contributed by atoms with van der Waals surface area (Å²) in [5.74, 6) is -1.09. The van der Waals surface area contributed by atoms with Gasteiger partial charge in [0.15, 0.2) is 0 Å². The molecule has 0 aliphatic carbocycles. The van der Waals surface area contributed by atoms with Crippen molar-refractivity contribution in [3.63, 3.8) is 0 Å². The van der Waals surface area contributed by atoms with Crippen LogP contribution in [0.25, 0.3) is 0 Å². The van der Waals surface area contributed by atoms with E-state index >= 15 is 0 Å². The van der Waals surface area contributed by atoms with Crippen LogP contribution in [0.3, 0.4) is 0 Å². The van der Waals surface area contributed by atoms with E-state index in [2.05, 4.69) is 4.98 Å². The molecule has 0 bridgehead atoms. The average Bonchev–Trinajstić information content (AvgIpc) is 2.90. The lowest BCUT2D eigenvalue weighted by atomic mass is 10.2. The van der Waals surface area contributed by atoms with E-state index in [1.807, 2.05) is 0 Å². The summed E-state index contributed by atoms with van der Waals surface area (Å²) in [5, 5.41) is 9.33. The summed E-state index contributed by atoms with van der Waals surface area (Å²) in [7, 11) is 0. The third-order valence-corrected chi connectivity index (χ3v) is 3.40. The van der Waals surface area contributed by atoms with E-state index in [9.17, 15) is 9.59 Å². The Labute approximate surface area is 121 Å². The van der Waals surface area contributed by atoms with Gasteiger partial charge in [-0.3, -0.25) is 4.79 Å². The number of pyridine rings is 1. The Hall–Kier alpha value is -1.82. The van der Waals surface area contributed by atoms with Crippen molar-refractivity contribution in [2.24, 2.45) is 0 Å². The minimum absolute atomic E-state index is 0.240. The molecule has 20 heavy (non-hydrogen) atoms. The molecule has 1 fully saturated rings. The smallest absolute Gasteiger partial charge is 0.326 e. The first-order valence-electron chi connectivity index (χ1n) is 6.36. The molecule has 0 saturated carbocycles. The number of hydrogen-bond donors (Lipinski definition) is 1. The van der Waals surface area contributed by atoms with Gasteiger partial charge in [0.25, 0.3) is 5.91 Å². The molecule has 1 aliphatic rings. The lowest BCUT2D eigenvalue weighted by Gasteiger charge is -2.21. The number of amides is 1. The molecule has 1 N–H and O–H groups in total. The van der Waals surface area contributed by atoms with Gasteiger partial charge < -0.3 is 14.7 Å². The van der Waals surface area contributed by atoms with E-state index in [4.69, 9.17) is 21.4 Å². The lowest BCUT2D eigenvalue weighted by Crippen LogP contribution is -2.40. The molecular weight excluding hydrogens is 284 g/mol. The predicted molar refractivity (Wildman–Crippen MR) is 72.1 cm³/mol. The van der Waals surface area contributed by atoms with Crippen LogP contribution in [0.5, 0.6) is 5.88 Å². The van der Waals surface area contributed by atoms with E-state index in [1.54, 1.807) is 6.92 Å². The van der Waals surface area contributed by atoms with E-state index in [0.29, 0.717) is 26.0 Å². The molecule has 2 heterocycles. The van der Waals surface area contributed by atoms with Gasteiger partial charge in [0.05, 0.1) is 12.2 Å². The highest BCUT2D eigenvalue weighted by Gasteiger charge is 2.34. The van der Waals surface area contributed by atoms with Crippen molar-refractivity contribution in [1.29, 1.82) is 0 Å². The second-order valence-corrected chi connectivity index (χ2v) is 4.85. The number of rotatable bonds is 4. The maximum absolute atomic E-state index is 12.3. The fraction of sp³-hybridized carbons (Fsp3) is 0.462. The molecule has 108 valence electrons. The number of carboxylic acids is 1. The number of aliphatic carboxylic acids is 1. The fourth-order valence-electron chi connectivity index (χ4n) is 2.22. The Balaban J connectivity index is 2.21. The highest BCUT2D eigenvalue weighted by Crippen LogP contribution is 2.25. The van der Waals surface area contributed by atoms with Gasteiger partial charge in [0, 0.05) is 12.7 Å². The van der Waals surface area contributed by atoms with Crippen molar-refractivity contribution in [3.8, 4) is 5.88 Å². The number of carbonyl (C=O) groups excluding carboxylic acids is 1. The summed E-state index contributed by atoms with van der Waals surface area (Å²) in [6.07, 6.45) is 2.51. The lowest BCUT2D eigenvalue weighted by molar-refractivity contribution is -0.141. The zero-order valence-corrected chi connectivity index (χ0v) is 11.8. The minimum Gasteiger partial charge on any atom is -0.480 e. The van der Waals surface area contributed by atoms with Crippen LogP contribution in [-0.2, 0) is 4.79 Å². The first-order chi connectivity index (χ1) is 9.54. The molecule has 1 aromatic rings. The summed E-state index contributed by atoms with van der Waals surface area (Å²) in [4.78, 5) is 28.7. The van der Waals surface area contributed by atoms with Crippen molar-refractivity contribution in [2.75, 3.05) is 13.2 Å². The number of carboxylic acid groups (broad SMARTS) is 1. The summed E-state index contributed by atoms with van der Waals surface area (Å²) < 4.78 is 5.19. The highest BCUT2D eigenvalue weighted by atomic mass is 35.5. The monoisotopic (exact) mass is 298 g/mol. The van der Waals surface area contributed by atoms with Gasteiger partial charge in [-0.25, -0.2) is 9.78 Å². The Morgan fingerprint density at radius 2 is 2.35 bits per heavy atom. The molecule has 1 aromatic heterocycles. The number of carbonyl (C=O) groups is 2. The van der Waals surface area contributed by atoms with E-state index in [0.717, 1.165) is 0 Å². The molecule has 1 saturated heterocycles. The maximum atomic E-state index is 12.3. The van der Waals surface area contributed by atoms with Crippen LogP contribution in [0.1, 0.15) is 30.1 Å². The number of aromatic nitrogens is 1. The zero-order valence-electron chi connectivity index (χ0n) is 11.0.